The molecule has 2 heterocycles. The summed E-state index contributed by atoms with van der Waals surface area (Å²) in [6.07, 6.45) is 11.5. The third kappa shape index (κ3) is 1.80. The summed E-state index contributed by atoms with van der Waals surface area (Å²) in [6, 6.07) is 7.06. The monoisotopic (exact) mass is 281 g/mol. The number of nitrogens with one attached hydrogen (secondary N) is 1. The van der Waals surface area contributed by atoms with Gasteiger partial charge in [0.25, 0.3) is 0 Å². The molecule has 0 aliphatic heterocycles. The van der Waals surface area contributed by atoms with E-state index in [1.807, 2.05) is 23.0 Å². The topological polar surface area (TPSA) is 29.3 Å². The molecule has 5 rings (SSSR count). The largest absolute Gasteiger partial charge is 0.309 e. The van der Waals surface area contributed by atoms with Crippen LogP contribution >= 0.6 is 0 Å². The molecule has 110 valence electrons. The lowest BCUT2D eigenvalue weighted by molar-refractivity contribution is 0.208. The lowest BCUT2D eigenvalue weighted by atomic mass is 9.79. The molecule has 2 bridgehead atoms. The van der Waals surface area contributed by atoms with Crippen LogP contribution in [0.15, 0.2) is 30.6 Å². The highest BCUT2D eigenvalue weighted by Gasteiger charge is 2.53. The molecule has 2 aromatic heterocycles. The smallest absolute Gasteiger partial charge is 0.0706 e. The molecule has 0 amide bonds. The number of pyridine rings is 1. The standard InChI is InChI=1S/C18H23N3/c1-2-7-21-18(6-1)13(11-20-21)10-19-17-9-12-8-16(17)15-5-3-4-14(12)15/h1-2,6-7,11-12,14-17,19H,3-5,8-10H2. The van der Waals surface area contributed by atoms with Crippen LogP contribution in [0, 0.1) is 23.7 Å². The van der Waals surface area contributed by atoms with E-state index in [-0.39, 0.29) is 0 Å². The SMILES string of the molecule is c1ccn2ncc(CNC3CC4CC3C3CCCC43)c2c1. The molecule has 5 unspecified atom stereocenters. The van der Waals surface area contributed by atoms with Crippen molar-refractivity contribution < 1.29 is 0 Å². The van der Waals surface area contributed by atoms with Gasteiger partial charge in [0.1, 0.15) is 0 Å². The van der Waals surface area contributed by atoms with Gasteiger partial charge < -0.3 is 5.32 Å². The second-order valence-electron chi connectivity index (χ2n) is 7.34. The zero-order valence-corrected chi connectivity index (χ0v) is 12.4. The molecule has 2 aromatic rings. The first-order valence-electron chi connectivity index (χ1n) is 8.55. The maximum absolute atomic E-state index is 4.44. The molecule has 5 atom stereocenters. The van der Waals surface area contributed by atoms with Crippen LogP contribution in [0.5, 0.6) is 0 Å². The minimum atomic E-state index is 0.757. The van der Waals surface area contributed by atoms with E-state index < -0.39 is 0 Å². The zero-order valence-electron chi connectivity index (χ0n) is 12.4. The molecule has 0 radical (unpaired) electrons. The highest BCUT2D eigenvalue weighted by atomic mass is 15.2. The van der Waals surface area contributed by atoms with E-state index in [0.29, 0.717) is 0 Å². The van der Waals surface area contributed by atoms with Crippen LogP contribution in [-0.2, 0) is 6.54 Å². The predicted molar refractivity (Wildman–Crippen MR) is 82.9 cm³/mol. The third-order valence-electron chi connectivity index (χ3n) is 6.49. The summed E-state index contributed by atoms with van der Waals surface area (Å²) in [7, 11) is 0. The summed E-state index contributed by atoms with van der Waals surface area (Å²) in [5, 5.41) is 8.31. The lowest BCUT2D eigenvalue weighted by Crippen LogP contribution is -2.38. The van der Waals surface area contributed by atoms with Gasteiger partial charge >= 0.3 is 0 Å². The molecular weight excluding hydrogens is 258 g/mol. The van der Waals surface area contributed by atoms with Crippen molar-refractivity contribution in [2.45, 2.75) is 44.7 Å². The first-order valence-corrected chi connectivity index (χ1v) is 8.55. The number of hydrogen-bond acceptors (Lipinski definition) is 2. The summed E-state index contributed by atoms with van der Waals surface area (Å²) < 4.78 is 1.98. The van der Waals surface area contributed by atoms with Crippen molar-refractivity contribution in [2.75, 3.05) is 0 Å². The summed E-state index contributed by atoms with van der Waals surface area (Å²) in [4.78, 5) is 0. The average Bonchev–Trinajstić information content (AvgIpc) is 3.25. The first-order chi connectivity index (χ1) is 10.4. The zero-order chi connectivity index (χ0) is 13.8. The van der Waals surface area contributed by atoms with Crippen LogP contribution in [0.1, 0.15) is 37.7 Å². The number of hydrogen-bond donors (Lipinski definition) is 1. The Morgan fingerprint density at radius 1 is 1.14 bits per heavy atom. The van der Waals surface area contributed by atoms with Crippen LogP contribution < -0.4 is 5.32 Å². The molecule has 3 saturated carbocycles. The van der Waals surface area contributed by atoms with Crippen molar-refractivity contribution in [2.24, 2.45) is 23.7 Å². The van der Waals surface area contributed by atoms with Gasteiger partial charge in [-0.05, 0) is 61.5 Å². The van der Waals surface area contributed by atoms with Crippen molar-refractivity contribution in [3.63, 3.8) is 0 Å². The Morgan fingerprint density at radius 2 is 2.10 bits per heavy atom. The molecule has 1 N–H and O–H groups in total. The quantitative estimate of drug-likeness (QED) is 0.936. The molecular formula is C18H23N3. The first kappa shape index (κ1) is 12.2. The second kappa shape index (κ2) is 4.57. The van der Waals surface area contributed by atoms with Crippen LogP contribution in [0.25, 0.3) is 5.52 Å². The molecule has 0 aromatic carbocycles. The minimum absolute atomic E-state index is 0.757. The van der Waals surface area contributed by atoms with Gasteiger partial charge in [-0.3, -0.25) is 0 Å². The van der Waals surface area contributed by atoms with E-state index >= 15 is 0 Å². The molecule has 21 heavy (non-hydrogen) atoms. The Labute approximate surface area is 125 Å². The third-order valence-corrected chi connectivity index (χ3v) is 6.49. The van der Waals surface area contributed by atoms with E-state index in [4.69, 9.17) is 0 Å². The van der Waals surface area contributed by atoms with Crippen molar-refractivity contribution in [1.29, 1.82) is 0 Å². The van der Waals surface area contributed by atoms with Crippen molar-refractivity contribution in [1.82, 2.24) is 14.9 Å². The highest BCUT2D eigenvalue weighted by molar-refractivity contribution is 5.53. The van der Waals surface area contributed by atoms with E-state index in [2.05, 4.69) is 22.5 Å². The molecule has 3 aliphatic carbocycles. The van der Waals surface area contributed by atoms with Gasteiger partial charge in [-0.2, -0.15) is 5.10 Å². The summed E-state index contributed by atoms with van der Waals surface area (Å²) in [5.41, 5.74) is 2.58. The Balaban J connectivity index is 1.31. The summed E-state index contributed by atoms with van der Waals surface area (Å²) in [6.45, 7) is 0.971. The Hall–Kier alpha value is -1.35. The molecule has 3 fully saturated rings. The van der Waals surface area contributed by atoms with Crippen molar-refractivity contribution in [3.8, 4) is 0 Å². The second-order valence-corrected chi connectivity index (χ2v) is 7.34. The average molecular weight is 281 g/mol. The van der Waals surface area contributed by atoms with Gasteiger partial charge in [0.05, 0.1) is 11.7 Å². The fraction of sp³-hybridized carbons (Fsp3) is 0.611. The van der Waals surface area contributed by atoms with E-state index in [1.165, 1.54) is 43.2 Å². The molecule has 3 heteroatoms. The normalized spacial score (nSPS) is 37.4. The van der Waals surface area contributed by atoms with Gasteiger partial charge in [0.15, 0.2) is 0 Å². The summed E-state index contributed by atoms with van der Waals surface area (Å²) >= 11 is 0. The van der Waals surface area contributed by atoms with Gasteiger partial charge in [-0.25, -0.2) is 4.52 Å². The van der Waals surface area contributed by atoms with Gasteiger partial charge in [-0.15, -0.1) is 0 Å². The van der Waals surface area contributed by atoms with Crippen molar-refractivity contribution in [3.05, 3.63) is 36.2 Å². The number of fused-ring (bicyclic) bond motifs is 6. The number of aromatic nitrogens is 2. The molecule has 3 nitrogen and oxygen atoms in total. The maximum atomic E-state index is 4.44. The summed E-state index contributed by atoms with van der Waals surface area (Å²) in [5.74, 6) is 4.13. The molecule has 0 saturated heterocycles. The Kier molecular flexibility index (Phi) is 2.66. The Morgan fingerprint density at radius 3 is 3.10 bits per heavy atom. The van der Waals surface area contributed by atoms with E-state index in [0.717, 1.165) is 36.3 Å². The Bertz CT molecular complexity index is 661. The van der Waals surface area contributed by atoms with Crippen LogP contribution in [0.2, 0.25) is 0 Å². The number of nitrogens with zero attached hydrogens (tertiary/aromatic N) is 2. The van der Waals surface area contributed by atoms with Crippen LogP contribution in [0.3, 0.4) is 0 Å². The van der Waals surface area contributed by atoms with E-state index in [1.54, 1.807) is 0 Å². The fourth-order valence-electron chi connectivity index (χ4n) is 5.67. The van der Waals surface area contributed by atoms with Gasteiger partial charge in [0, 0.05) is 24.3 Å². The van der Waals surface area contributed by atoms with E-state index in [9.17, 15) is 0 Å². The van der Waals surface area contributed by atoms with Crippen LogP contribution in [-0.4, -0.2) is 15.7 Å². The van der Waals surface area contributed by atoms with Gasteiger partial charge in [0.2, 0.25) is 0 Å². The highest BCUT2D eigenvalue weighted by Crippen LogP contribution is 2.58. The fourth-order valence-corrected chi connectivity index (χ4v) is 5.67. The van der Waals surface area contributed by atoms with Gasteiger partial charge in [-0.1, -0.05) is 12.5 Å². The minimum Gasteiger partial charge on any atom is -0.309 e. The number of rotatable bonds is 3. The van der Waals surface area contributed by atoms with Crippen molar-refractivity contribution >= 4 is 5.52 Å². The van der Waals surface area contributed by atoms with Crippen LogP contribution in [0.4, 0.5) is 0 Å². The molecule has 0 spiro atoms. The predicted octanol–water partition coefficient (Wildman–Crippen LogP) is 3.25. The lowest BCUT2D eigenvalue weighted by Gasteiger charge is -2.32. The molecule has 3 aliphatic rings. The maximum Gasteiger partial charge on any atom is 0.0706 e.